The Morgan fingerprint density at radius 3 is 2.43 bits per heavy atom. The van der Waals surface area contributed by atoms with Crippen LogP contribution in [0.4, 0.5) is 5.69 Å². The van der Waals surface area contributed by atoms with Crippen LogP contribution in [0.15, 0.2) is 42.5 Å². The molecule has 0 saturated heterocycles. The molecule has 0 spiro atoms. The lowest BCUT2D eigenvalue weighted by Gasteiger charge is -2.14. The predicted molar refractivity (Wildman–Crippen MR) is 83.6 cm³/mol. The van der Waals surface area contributed by atoms with Crippen LogP contribution in [0.25, 0.3) is 0 Å². The van der Waals surface area contributed by atoms with Gasteiger partial charge in [-0.2, -0.15) is 0 Å². The number of carbonyl (C=O) groups excluding carboxylic acids is 2. The Kier molecular flexibility index (Phi) is 3.83. The minimum atomic E-state index is -0.593. The van der Waals surface area contributed by atoms with E-state index in [0.29, 0.717) is 11.4 Å². The number of imide groups is 1. The number of fused-ring (bicyclic) bond motifs is 1. The summed E-state index contributed by atoms with van der Waals surface area (Å²) in [5.41, 5.74) is 0.887. The van der Waals surface area contributed by atoms with Gasteiger partial charge in [-0.15, -0.1) is 0 Å². The lowest BCUT2D eigenvalue weighted by Crippen LogP contribution is -2.31. The Hall–Kier alpha value is -2.73. The molecule has 3 rings (SSSR count). The molecule has 0 fully saturated rings. The summed E-state index contributed by atoms with van der Waals surface area (Å²) in [6, 6.07) is 10.9. The first-order valence-electron chi connectivity index (χ1n) is 6.87. The molecule has 116 valence electrons. The molecule has 0 aliphatic carbocycles. The minimum absolute atomic E-state index is 0.0726. The van der Waals surface area contributed by atoms with Crippen molar-refractivity contribution >= 4 is 29.1 Å². The van der Waals surface area contributed by atoms with Crippen LogP contribution in [0.5, 0.6) is 0 Å². The topological polar surface area (TPSA) is 80.5 Å². The Balaban J connectivity index is 1.83. The molecule has 1 heterocycles. The van der Waals surface area contributed by atoms with Crippen molar-refractivity contribution in [1.82, 2.24) is 4.90 Å². The van der Waals surface area contributed by atoms with E-state index in [2.05, 4.69) is 0 Å². The molecule has 0 N–H and O–H groups in total. The van der Waals surface area contributed by atoms with Crippen molar-refractivity contribution in [2.24, 2.45) is 0 Å². The number of amides is 2. The largest absolute Gasteiger partial charge is 0.274 e. The van der Waals surface area contributed by atoms with Gasteiger partial charge in [0.2, 0.25) is 0 Å². The number of nitro benzene ring substituents is 1. The van der Waals surface area contributed by atoms with E-state index in [4.69, 9.17) is 11.6 Å². The van der Waals surface area contributed by atoms with Crippen molar-refractivity contribution in [3.8, 4) is 0 Å². The highest BCUT2D eigenvalue weighted by Crippen LogP contribution is 2.27. The second-order valence-electron chi connectivity index (χ2n) is 5.09. The van der Waals surface area contributed by atoms with Crippen LogP contribution < -0.4 is 0 Å². The highest BCUT2D eigenvalue weighted by Gasteiger charge is 2.36. The molecule has 6 nitrogen and oxygen atoms in total. The molecule has 0 saturated carbocycles. The van der Waals surface area contributed by atoms with Crippen LogP contribution >= 0.6 is 11.6 Å². The van der Waals surface area contributed by atoms with Crippen LogP contribution in [0.1, 0.15) is 26.3 Å². The first-order valence-corrected chi connectivity index (χ1v) is 7.25. The number of hydrogen-bond donors (Lipinski definition) is 0. The molecule has 0 atom stereocenters. The SMILES string of the molecule is O=C1c2ccc([N+](=O)[O-])cc2C(=O)N1CCc1ccccc1Cl. The predicted octanol–water partition coefficient (Wildman–Crippen LogP) is 3.09. The van der Waals surface area contributed by atoms with Gasteiger partial charge in [0.1, 0.15) is 0 Å². The molecule has 7 heteroatoms. The fourth-order valence-electron chi connectivity index (χ4n) is 2.53. The van der Waals surface area contributed by atoms with Gasteiger partial charge in [-0.05, 0) is 24.1 Å². The first-order chi connectivity index (χ1) is 11.0. The smallest absolute Gasteiger partial charge is 0.270 e. The average Bonchev–Trinajstić information content (AvgIpc) is 2.78. The Morgan fingerprint density at radius 2 is 1.74 bits per heavy atom. The molecular weight excluding hydrogens is 320 g/mol. The van der Waals surface area contributed by atoms with Crippen LogP contribution in [0, 0.1) is 10.1 Å². The summed E-state index contributed by atoms with van der Waals surface area (Å²) in [5.74, 6) is -0.951. The lowest BCUT2D eigenvalue weighted by atomic mass is 10.1. The normalized spacial score (nSPS) is 13.3. The number of non-ortho nitro benzene ring substituents is 1. The number of rotatable bonds is 4. The maximum Gasteiger partial charge on any atom is 0.270 e. The molecule has 2 amide bonds. The molecule has 0 radical (unpaired) electrons. The standard InChI is InChI=1S/C16H11ClN2O4/c17-14-4-2-1-3-10(14)7-8-18-15(20)12-6-5-11(19(22)23)9-13(12)16(18)21/h1-6,9H,7-8H2. The Morgan fingerprint density at radius 1 is 1.04 bits per heavy atom. The number of benzene rings is 2. The summed E-state index contributed by atoms with van der Waals surface area (Å²) in [4.78, 5) is 35.9. The van der Waals surface area contributed by atoms with Crippen molar-refractivity contribution in [3.05, 3.63) is 74.3 Å². The summed E-state index contributed by atoms with van der Waals surface area (Å²) in [5, 5.41) is 11.4. The van der Waals surface area contributed by atoms with Crippen molar-refractivity contribution in [3.63, 3.8) is 0 Å². The maximum absolute atomic E-state index is 12.3. The lowest BCUT2D eigenvalue weighted by molar-refractivity contribution is -0.384. The quantitative estimate of drug-likeness (QED) is 0.490. The number of nitrogens with zero attached hydrogens (tertiary/aromatic N) is 2. The molecule has 0 unspecified atom stereocenters. The Labute approximate surface area is 136 Å². The summed E-state index contributed by atoms with van der Waals surface area (Å²) in [7, 11) is 0. The van der Waals surface area contributed by atoms with Crippen molar-refractivity contribution < 1.29 is 14.5 Å². The van der Waals surface area contributed by atoms with E-state index in [0.717, 1.165) is 16.5 Å². The van der Waals surface area contributed by atoms with Crippen molar-refractivity contribution in [1.29, 1.82) is 0 Å². The third-order valence-corrected chi connectivity index (χ3v) is 4.10. The van der Waals surface area contributed by atoms with E-state index in [-0.39, 0.29) is 23.4 Å². The van der Waals surface area contributed by atoms with Crippen molar-refractivity contribution in [2.75, 3.05) is 6.54 Å². The summed E-state index contributed by atoms with van der Waals surface area (Å²) < 4.78 is 0. The van der Waals surface area contributed by atoms with Gasteiger partial charge in [-0.3, -0.25) is 24.6 Å². The van der Waals surface area contributed by atoms with Crippen LogP contribution in [0.2, 0.25) is 5.02 Å². The zero-order chi connectivity index (χ0) is 16.6. The third-order valence-electron chi connectivity index (χ3n) is 3.73. The van der Waals surface area contributed by atoms with E-state index >= 15 is 0 Å². The molecule has 0 aromatic heterocycles. The summed E-state index contributed by atoms with van der Waals surface area (Å²) in [6.45, 7) is 0.171. The van der Waals surface area contributed by atoms with E-state index in [9.17, 15) is 19.7 Å². The van der Waals surface area contributed by atoms with Gasteiger partial charge in [-0.1, -0.05) is 29.8 Å². The van der Waals surface area contributed by atoms with Gasteiger partial charge in [0.15, 0.2) is 0 Å². The van der Waals surface area contributed by atoms with Gasteiger partial charge in [0.05, 0.1) is 16.1 Å². The van der Waals surface area contributed by atoms with E-state index in [1.54, 1.807) is 12.1 Å². The highest BCUT2D eigenvalue weighted by molar-refractivity contribution is 6.31. The first kappa shape index (κ1) is 15.2. The van der Waals surface area contributed by atoms with Crippen molar-refractivity contribution in [2.45, 2.75) is 6.42 Å². The minimum Gasteiger partial charge on any atom is -0.274 e. The van der Waals surface area contributed by atoms with E-state index < -0.39 is 16.7 Å². The monoisotopic (exact) mass is 330 g/mol. The van der Waals surface area contributed by atoms with Crippen LogP contribution in [0.3, 0.4) is 0 Å². The number of hydrogen-bond acceptors (Lipinski definition) is 4. The summed E-state index contributed by atoms with van der Waals surface area (Å²) in [6.07, 6.45) is 0.424. The zero-order valence-corrected chi connectivity index (χ0v) is 12.6. The molecular formula is C16H11ClN2O4. The maximum atomic E-state index is 12.3. The van der Waals surface area contributed by atoms with Gasteiger partial charge in [-0.25, -0.2) is 0 Å². The van der Waals surface area contributed by atoms with E-state index in [1.165, 1.54) is 12.1 Å². The van der Waals surface area contributed by atoms with Crippen LogP contribution in [-0.2, 0) is 6.42 Å². The molecule has 23 heavy (non-hydrogen) atoms. The second-order valence-corrected chi connectivity index (χ2v) is 5.50. The number of nitro groups is 1. The van der Waals surface area contributed by atoms with Gasteiger partial charge < -0.3 is 0 Å². The molecule has 1 aliphatic heterocycles. The number of carbonyl (C=O) groups is 2. The third kappa shape index (κ3) is 2.68. The number of halogens is 1. The molecule has 2 aromatic carbocycles. The average molecular weight is 331 g/mol. The second kappa shape index (κ2) is 5.81. The van der Waals surface area contributed by atoms with Gasteiger partial charge in [0, 0.05) is 23.7 Å². The summed E-state index contributed by atoms with van der Waals surface area (Å²) >= 11 is 6.06. The van der Waals surface area contributed by atoms with Gasteiger partial charge in [0.25, 0.3) is 17.5 Å². The Bertz CT molecular complexity index is 835. The highest BCUT2D eigenvalue weighted by atomic mass is 35.5. The van der Waals surface area contributed by atoms with E-state index in [1.807, 2.05) is 12.1 Å². The fourth-order valence-corrected chi connectivity index (χ4v) is 2.76. The molecule has 1 aliphatic rings. The van der Waals surface area contributed by atoms with Gasteiger partial charge >= 0.3 is 0 Å². The fraction of sp³-hybridized carbons (Fsp3) is 0.125. The molecule has 2 aromatic rings. The molecule has 0 bridgehead atoms. The van der Waals surface area contributed by atoms with Crippen LogP contribution in [-0.4, -0.2) is 28.2 Å². The zero-order valence-electron chi connectivity index (χ0n) is 11.9.